The summed E-state index contributed by atoms with van der Waals surface area (Å²) in [6, 6.07) is 0. The van der Waals surface area contributed by atoms with Gasteiger partial charge in [-0.2, -0.15) is 0 Å². The normalized spacial score (nSPS) is 26.9. The maximum atomic E-state index is 10.5. The molecule has 2 aromatic rings. The van der Waals surface area contributed by atoms with E-state index in [-0.39, 0.29) is 12.2 Å². The first-order valence-electron chi connectivity index (χ1n) is 7.65. The van der Waals surface area contributed by atoms with E-state index in [0.717, 1.165) is 0 Å². The molecule has 0 bridgehead atoms. The van der Waals surface area contributed by atoms with Crippen molar-refractivity contribution < 1.29 is 24.9 Å². The van der Waals surface area contributed by atoms with Gasteiger partial charge < -0.3 is 25.8 Å². The molecule has 130 valence electrons. The van der Waals surface area contributed by atoms with Crippen molar-refractivity contribution in [3.8, 4) is 0 Å². The Morgan fingerprint density at radius 3 is 2.79 bits per heavy atom. The maximum Gasteiger partial charge on any atom is 0.303 e. The fourth-order valence-corrected chi connectivity index (χ4v) is 2.88. The number of ether oxygens (including phenoxy) is 1. The number of carboxylic acid groups (broad SMARTS) is 1. The molecule has 3 rings (SSSR count). The summed E-state index contributed by atoms with van der Waals surface area (Å²) in [6.45, 7) is 0. The monoisotopic (exact) mass is 337 g/mol. The van der Waals surface area contributed by atoms with Crippen LogP contribution in [0.25, 0.3) is 11.2 Å². The van der Waals surface area contributed by atoms with Crippen molar-refractivity contribution in [3.05, 3.63) is 12.7 Å². The zero-order valence-electron chi connectivity index (χ0n) is 12.8. The lowest BCUT2D eigenvalue weighted by Gasteiger charge is -2.16. The Morgan fingerprint density at radius 2 is 2.04 bits per heavy atom. The second-order valence-corrected chi connectivity index (χ2v) is 5.77. The average molecular weight is 337 g/mol. The number of unbranched alkanes of at least 4 members (excludes halogenated alkanes) is 1. The van der Waals surface area contributed by atoms with Gasteiger partial charge >= 0.3 is 5.97 Å². The molecule has 10 nitrogen and oxygen atoms in total. The van der Waals surface area contributed by atoms with Crippen LogP contribution in [-0.4, -0.2) is 59.1 Å². The quantitative estimate of drug-likeness (QED) is 0.518. The van der Waals surface area contributed by atoms with Crippen LogP contribution in [0.15, 0.2) is 12.7 Å². The first-order valence-corrected chi connectivity index (χ1v) is 7.65. The second kappa shape index (κ2) is 6.67. The lowest BCUT2D eigenvalue weighted by atomic mass is 10.0. The van der Waals surface area contributed by atoms with E-state index >= 15 is 0 Å². The van der Waals surface area contributed by atoms with E-state index < -0.39 is 30.5 Å². The number of carboxylic acids is 1. The summed E-state index contributed by atoms with van der Waals surface area (Å²) in [5, 5.41) is 29.1. The molecule has 0 spiro atoms. The van der Waals surface area contributed by atoms with Gasteiger partial charge in [0.2, 0.25) is 0 Å². The molecule has 0 saturated carbocycles. The third kappa shape index (κ3) is 3.03. The van der Waals surface area contributed by atoms with Gasteiger partial charge in [0, 0.05) is 6.42 Å². The molecule has 0 amide bonds. The van der Waals surface area contributed by atoms with Crippen LogP contribution < -0.4 is 5.73 Å². The molecule has 1 aliphatic rings. The van der Waals surface area contributed by atoms with Gasteiger partial charge in [-0.15, -0.1) is 0 Å². The van der Waals surface area contributed by atoms with Gasteiger partial charge in [0.05, 0.1) is 12.4 Å². The number of aliphatic carboxylic acids is 1. The van der Waals surface area contributed by atoms with Crippen molar-refractivity contribution in [1.29, 1.82) is 0 Å². The van der Waals surface area contributed by atoms with E-state index in [1.165, 1.54) is 17.2 Å². The number of aliphatic hydroxyl groups excluding tert-OH is 2. The molecule has 0 radical (unpaired) electrons. The molecule has 10 heteroatoms. The Bertz CT molecular complexity index is 735. The van der Waals surface area contributed by atoms with E-state index in [0.29, 0.717) is 30.4 Å². The fourth-order valence-electron chi connectivity index (χ4n) is 2.88. The highest BCUT2D eigenvalue weighted by atomic mass is 16.6. The third-order valence-electron chi connectivity index (χ3n) is 4.13. The van der Waals surface area contributed by atoms with E-state index in [9.17, 15) is 15.0 Å². The predicted octanol–water partition coefficient (Wildman–Crippen LogP) is -0.327. The number of aromatic nitrogens is 4. The number of anilines is 1. The van der Waals surface area contributed by atoms with Crippen LogP contribution in [0.2, 0.25) is 0 Å². The fraction of sp³-hybridized carbons (Fsp3) is 0.571. The minimum Gasteiger partial charge on any atom is -0.481 e. The van der Waals surface area contributed by atoms with Gasteiger partial charge in [-0.25, -0.2) is 15.0 Å². The standard InChI is InChI=1S/C14H19N5O5/c15-12-9-13(17-5-16-12)19(6-18-9)14-11(23)10(22)7(24-14)3-1-2-4-8(20)21/h5-7,10-11,14,22-23H,1-4H2,(H,20,21)(H2,15,16,17)/t7-,10?,11?,14-/m1/s1. The Hall–Kier alpha value is -2.30. The SMILES string of the molecule is Nc1ncnc2c1ncn2[C@@H]1O[C@H](CCCCC(=O)O)C(O)C1O. The van der Waals surface area contributed by atoms with Crippen molar-refractivity contribution in [2.45, 2.75) is 50.2 Å². The minimum atomic E-state index is -1.15. The first-order chi connectivity index (χ1) is 11.5. The number of nitrogen functional groups attached to an aromatic ring is 1. The largest absolute Gasteiger partial charge is 0.481 e. The van der Waals surface area contributed by atoms with Gasteiger partial charge in [0.25, 0.3) is 0 Å². The Balaban J connectivity index is 1.72. The summed E-state index contributed by atoms with van der Waals surface area (Å²) in [7, 11) is 0. The van der Waals surface area contributed by atoms with E-state index in [4.69, 9.17) is 15.6 Å². The molecule has 0 aliphatic carbocycles. The summed E-state index contributed by atoms with van der Waals surface area (Å²) in [5.74, 6) is -0.639. The molecule has 1 aliphatic heterocycles. The van der Waals surface area contributed by atoms with Gasteiger partial charge in [0.15, 0.2) is 17.7 Å². The molecule has 2 unspecified atom stereocenters. The van der Waals surface area contributed by atoms with Crippen LogP contribution >= 0.6 is 0 Å². The number of nitrogens with zero attached hydrogens (tertiary/aromatic N) is 4. The van der Waals surface area contributed by atoms with Crippen molar-refractivity contribution in [3.63, 3.8) is 0 Å². The summed E-state index contributed by atoms with van der Waals surface area (Å²) in [4.78, 5) is 22.6. The molecule has 0 aromatic carbocycles. The highest BCUT2D eigenvalue weighted by Gasteiger charge is 2.43. The Morgan fingerprint density at radius 1 is 1.25 bits per heavy atom. The summed E-state index contributed by atoms with van der Waals surface area (Å²) < 4.78 is 7.27. The lowest BCUT2D eigenvalue weighted by Crippen LogP contribution is -2.31. The summed E-state index contributed by atoms with van der Waals surface area (Å²) in [6.07, 6.45) is 0.648. The number of hydrogen-bond donors (Lipinski definition) is 4. The number of carbonyl (C=O) groups is 1. The first kappa shape index (κ1) is 16.6. The highest BCUT2D eigenvalue weighted by Crippen LogP contribution is 2.33. The van der Waals surface area contributed by atoms with Gasteiger partial charge in [0.1, 0.15) is 24.1 Å². The average Bonchev–Trinajstić information content (AvgIpc) is 3.08. The van der Waals surface area contributed by atoms with Crippen LogP contribution in [0.5, 0.6) is 0 Å². The summed E-state index contributed by atoms with van der Waals surface area (Å²) >= 11 is 0. The van der Waals surface area contributed by atoms with Gasteiger partial charge in [-0.1, -0.05) is 6.42 Å². The topological polar surface area (TPSA) is 157 Å². The van der Waals surface area contributed by atoms with Crippen LogP contribution in [0.3, 0.4) is 0 Å². The third-order valence-corrected chi connectivity index (χ3v) is 4.13. The zero-order chi connectivity index (χ0) is 17.3. The zero-order valence-corrected chi connectivity index (χ0v) is 12.8. The molecule has 2 aromatic heterocycles. The highest BCUT2D eigenvalue weighted by molar-refractivity contribution is 5.81. The van der Waals surface area contributed by atoms with E-state index in [1.54, 1.807) is 0 Å². The van der Waals surface area contributed by atoms with Crippen molar-refractivity contribution in [2.24, 2.45) is 0 Å². The molecular formula is C14H19N5O5. The molecular weight excluding hydrogens is 318 g/mol. The summed E-state index contributed by atoms with van der Waals surface area (Å²) in [5.41, 5.74) is 6.54. The van der Waals surface area contributed by atoms with Crippen molar-refractivity contribution in [2.75, 3.05) is 5.73 Å². The number of imidazole rings is 1. The van der Waals surface area contributed by atoms with Crippen LogP contribution in [0.1, 0.15) is 31.9 Å². The lowest BCUT2D eigenvalue weighted by molar-refractivity contribution is -0.137. The second-order valence-electron chi connectivity index (χ2n) is 5.77. The van der Waals surface area contributed by atoms with Crippen molar-refractivity contribution in [1.82, 2.24) is 19.5 Å². The predicted molar refractivity (Wildman–Crippen MR) is 81.8 cm³/mol. The number of nitrogens with two attached hydrogens (primary N) is 1. The van der Waals surface area contributed by atoms with Crippen LogP contribution in [0.4, 0.5) is 5.82 Å². The number of hydrogen-bond acceptors (Lipinski definition) is 8. The molecule has 24 heavy (non-hydrogen) atoms. The van der Waals surface area contributed by atoms with Crippen LogP contribution in [-0.2, 0) is 9.53 Å². The van der Waals surface area contributed by atoms with Crippen molar-refractivity contribution >= 4 is 23.0 Å². The molecule has 3 heterocycles. The number of rotatable bonds is 6. The Labute approximate surface area is 136 Å². The van der Waals surface area contributed by atoms with E-state index in [1.807, 2.05) is 0 Å². The molecule has 5 N–H and O–H groups in total. The smallest absolute Gasteiger partial charge is 0.303 e. The number of aliphatic hydroxyl groups is 2. The molecule has 4 atom stereocenters. The van der Waals surface area contributed by atoms with Crippen LogP contribution in [0, 0.1) is 0 Å². The number of fused-ring (bicyclic) bond motifs is 1. The van der Waals surface area contributed by atoms with E-state index in [2.05, 4.69) is 15.0 Å². The minimum absolute atomic E-state index is 0.0666. The van der Waals surface area contributed by atoms with Gasteiger partial charge in [-0.3, -0.25) is 9.36 Å². The maximum absolute atomic E-state index is 10.5. The Kier molecular flexibility index (Phi) is 4.60. The van der Waals surface area contributed by atoms with Gasteiger partial charge in [-0.05, 0) is 12.8 Å². The molecule has 1 fully saturated rings. The molecule has 1 saturated heterocycles.